The van der Waals surface area contributed by atoms with Crippen LogP contribution in [0.15, 0.2) is 54.6 Å². The highest BCUT2D eigenvalue weighted by Gasteiger charge is 2.22. The first-order chi connectivity index (χ1) is 8.48. The summed E-state index contributed by atoms with van der Waals surface area (Å²) in [5, 5.41) is 0. The van der Waals surface area contributed by atoms with Crippen LogP contribution in [0, 0.1) is 5.41 Å². The summed E-state index contributed by atoms with van der Waals surface area (Å²) in [6, 6.07) is 19.0. The number of benzene rings is 2. The fourth-order valence-corrected chi connectivity index (χ4v) is 2.04. The van der Waals surface area contributed by atoms with Crippen molar-refractivity contribution >= 4 is 12.4 Å². The number of hydrogen-bond donors (Lipinski definition) is 1. The van der Waals surface area contributed by atoms with E-state index < -0.39 is 0 Å². The zero-order valence-electron chi connectivity index (χ0n) is 11.8. The summed E-state index contributed by atoms with van der Waals surface area (Å²) in [7, 11) is 0. The zero-order chi connectivity index (χ0) is 13.2. The van der Waals surface area contributed by atoms with Gasteiger partial charge in [-0.15, -0.1) is 12.4 Å². The molecule has 0 fully saturated rings. The molecule has 1 atom stereocenters. The predicted molar refractivity (Wildman–Crippen MR) is 85.5 cm³/mol. The van der Waals surface area contributed by atoms with Crippen LogP contribution in [-0.4, -0.2) is 0 Å². The molecule has 0 aromatic heterocycles. The second-order valence-electron chi connectivity index (χ2n) is 5.84. The Morgan fingerprint density at radius 2 is 1.42 bits per heavy atom. The maximum atomic E-state index is 6.32. The van der Waals surface area contributed by atoms with Crippen molar-refractivity contribution < 1.29 is 0 Å². The smallest absolute Gasteiger partial charge is 0.0344 e. The van der Waals surface area contributed by atoms with Crippen LogP contribution in [0.4, 0.5) is 0 Å². The third-order valence-corrected chi connectivity index (χ3v) is 3.29. The molecular weight excluding hydrogens is 254 g/mol. The lowest BCUT2D eigenvalue weighted by Gasteiger charge is -2.27. The van der Waals surface area contributed by atoms with Crippen LogP contribution in [0.1, 0.15) is 32.4 Å². The third-order valence-electron chi connectivity index (χ3n) is 3.29. The number of nitrogens with two attached hydrogens (primary N) is 1. The topological polar surface area (TPSA) is 26.0 Å². The Morgan fingerprint density at radius 1 is 0.842 bits per heavy atom. The standard InChI is InChI=1S/C17H21N.ClH/c1-17(2,3)16(18)15-11-7-10-14(12-15)13-8-5-4-6-9-13;/h4-12,16H,18H2,1-3H3;1H/t16-;/m0./s1. The summed E-state index contributed by atoms with van der Waals surface area (Å²) in [6.45, 7) is 6.52. The first kappa shape index (κ1) is 15.7. The maximum Gasteiger partial charge on any atom is 0.0344 e. The highest BCUT2D eigenvalue weighted by atomic mass is 35.5. The van der Waals surface area contributed by atoms with E-state index in [1.165, 1.54) is 16.7 Å². The van der Waals surface area contributed by atoms with E-state index in [0.29, 0.717) is 0 Å². The minimum absolute atomic E-state index is 0. The van der Waals surface area contributed by atoms with Crippen molar-refractivity contribution in [1.82, 2.24) is 0 Å². The van der Waals surface area contributed by atoms with Gasteiger partial charge in [0.2, 0.25) is 0 Å². The molecule has 0 saturated carbocycles. The third kappa shape index (κ3) is 3.82. The van der Waals surface area contributed by atoms with Gasteiger partial charge in [-0.05, 0) is 28.2 Å². The summed E-state index contributed by atoms with van der Waals surface area (Å²) in [4.78, 5) is 0. The molecule has 102 valence electrons. The molecular formula is C17H22ClN. The van der Waals surface area contributed by atoms with Gasteiger partial charge in [0.25, 0.3) is 0 Å². The summed E-state index contributed by atoms with van der Waals surface area (Å²) < 4.78 is 0. The van der Waals surface area contributed by atoms with Gasteiger partial charge in [-0.2, -0.15) is 0 Å². The van der Waals surface area contributed by atoms with Gasteiger partial charge in [-0.25, -0.2) is 0 Å². The second kappa shape index (κ2) is 6.23. The van der Waals surface area contributed by atoms with E-state index in [1.54, 1.807) is 0 Å². The SMILES string of the molecule is CC(C)(C)[C@@H](N)c1cccc(-c2ccccc2)c1.Cl. The monoisotopic (exact) mass is 275 g/mol. The van der Waals surface area contributed by atoms with Crippen LogP contribution in [0.5, 0.6) is 0 Å². The van der Waals surface area contributed by atoms with Gasteiger partial charge in [-0.1, -0.05) is 69.3 Å². The lowest BCUT2D eigenvalue weighted by atomic mass is 9.82. The van der Waals surface area contributed by atoms with Crippen LogP contribution in [-0.2, 0) is 0 Å². The molecule has 0 aliphatic rings. The molecule has 2 N–H and O–H groups in total. The van der Waals surface area contributed by atoms with E-state index in [-0.39, 0.29) is 23.9 Å². The molecule has 0 amide bonds. The molecule has 1 nitrogen and oxygen atoms in total. The van der Waals surface area contributed by atoms with Crippen molar-refractivity contribution in [2.45, 2.75) is 26.8 Å². The minimum Gasteiger partial charge on any atom is -0.324 e. The first-order valence-corrected chi connectivity index (χ1v) is 6.39. The molecule has 2 aromatic rings. The molecule has 0 aliphatic heterocycles. The summed E-state index contributed by atoms with van der Waals surface area (Å²) >= 11 is 0. The quantitative estimate of drug-likeness (QED) is 0.835. The summed E-state index contributed by atoms with van der Waals surface area (Å²) in [5.41, 5.74) is 10.1. The highest BCUT2D eigenvalue weighted by molar-refractivity contribution is 5.85. The normalized spacial score (nSPS) is 12.6. The molecule has 0 heterocycles. The average molecular weight is 276 g/mol. The Kier molecular flexibility index (Phi) is 5.16. The largest absolute Gasteiger partial charge is 0.324 e. The number of hydrogen-bond acceptors (Lipinski definition) is 1. The molecule has 0 aliphatic carbocycles. The molecule has 2 heteroatoms. The van der Waals surface area contributed by atoms with Gasteiger partial charge in [0.15, 0.2) is 0 Å². The molecule has 0 spiro atoms. The minimum atomic E-state index is 0. The van der Waals surface area contributed by atoms with Gasteiger partial charge < -0.3 is 5.73 Å². The van der Waals surface area contributed by atoms with E-state index in [0.717, 1.165) is 0 Å². The van der Waals surface area contributed by atoms with Gasteiger partial charge in [0.1, 0.15) is 0 Å². The molecule has 2 aromatic carbocycles. The average Bonchev–Trinajstić information content (AvgIpc) is 2.38. The Morgan fingerprint density at radius 3 is 2.00 bits per heavy atom. The van der Waals surface area contributed by atoms with Crippen LogP contribution in [0.3, 0.4) is 0 Å². The Bertz CT molecular complexity index is 514. The molecule has 0 saturated heterocycles. The molecule has 0 radical (unpaired) electrons. The van der Waals surface area contributed by atoms with Crippen LogP contribution >= 0.6 is 12.4 Å². The molecule has 2 rings (SSSR count). The zero-order valence-corrected chi connectivity index (χ0v) is 12.6. The molecule has 0 unspecified atom stereocenters. The highest BCUT2D eigenvalue weighted by Crippen LogP contribution is 2.32. The summed E-state index contributed by atoms with van der Waals surface area (Å²) in [6.07, 6.45) is 0. The molecule has 0 bridgehead atoms. The van der Waals surface area contributed by atoms with Gasteiger partial charge in [0.05, 0.1) is 0 Å². The lowest BCUT2D eigenvalue weighted by molar-refractivity contribution is 0.327. The van der Waals surface area contributed by atoms with Crippen molar-refractivity contribution in [3.63, 3.8) is 0 Å². The second-order valence-corrected chi connectivity index (χ2v) is 5.84. The van der Waals surface area contributed by atoms with Crippen molar-refractivity contribution in [3.8, 4) is 11.1 Å². The Labute approximate surface area is 122 Å². The van der Waals surface area contributed by atoms with Crippen molar-refractivity contribution in [3.05, 3.63) is 60.2 Å². The maximum absolute atomic E-state index is 6.32. The Hall–Kier alpha value is -1.31. The summed E-state index contributed by atoms with van der Waals surface area (Å²) in [5.74, 6) is 0. The van der Waals surface area contributed by atoms with E-state index in [2.05, 4.69) is 69.3 Å². The van der Waals surface area contributed by atoms with Gasteiger partial charge in [-0.3, -0.25) is 0 Å². The molecule has 19 heavy (non-hydrogen) atoms. The van der Waals surface area contributed by atoms with E-state index >= 15 is 0 Å². The lowest BCUT2D eigenvalue weighted by Crippen LogP contribution is -2.26. The van der Waals surface area contributed by atoms with Crippen LogP contribution in [0.25, 0.3) is 11.1 Å². The number of rotatable bonds is 2. The Balaban J connectivity index is 0.00000180. The van der Waals surface area contributed by atoms with Crippen LogP contribution in [0.2, 0.25) is 0 Å². The van der Waals surface area contributed by atoms with Crippen molar-refractivity contribution in [2.24, 2.45) is 11.1 Å². The van der Waals surface area contributed by atoms with Crippen molar-refractivity contribution in [1.29, 1.82) is 0 Å². The van der Waals surface area contributed by atoms with Crippen LogP contribution < -0.4 is 5.73 Å². The van der Waals surface area contributed by atoms with Gasteiger partial charge >= 0.3 is 0 Å². The van der Waals surface area contributed by atoms with Gasteiger partial charge in [0, 0.05) is 6.04 Å². The fourth-order valence-electron chi connectivity index (χ4n) is 2.04. The first-order valence-electron chi connectivity index (χ1n) is 6.39. The number of halogens is 1. The fraction of sp³-hybridized carbons (Fsp3) is 0.294. The van der Waals surface area contributed by atoms with E-state index in [9.17, 15) is 0 Å². The predicted octanol–water partition coefficient (Wildman–Crippen LogP) is 4.82. The van der Waals surface area contributed by atoms with Crippen molar-refractivity contribution in [2.75, 3.05) is 0 Å². The van der Waals surface area contributed by atoms with E-state index in [1.807, 2.05) is 6.07 Å². The van der Waals surface area contributed by atoms with E-state index in [4.69, 9.17) is 5.73 Å².